The van der Waals surface area contributed by atoms with Crippen molar-refractivity contribution in [2.75, 3.05) is 0 Å². The molecule has 0 aliphatic heterocycles. The average Bonchev–Trinajstić information content (AvgIpc) is 2.42. The second-order valence-electron chi connectivity index (χ2n) is 4.57. The quantitative estimate of drug-likeness (QED) is 0.299. The van der Waals surface area contributed by atoms with E-state index in [1.165, 1.54) is 64.2 Å². The maximum Gasteiger partial charge on any atom is -0.0354 e. The van der Waals surface area contributed by atoms with Crippen LogP contribution in [0.1, 0.15) is 91.9 Å². The van der Waals surface area contributed by atoms with Gasteiger partial charge in [0, 0.05) is 0 Å². The van der Waals surface area contributed by atoms with Crippen LogP contribution < -0.4 is 0 Å². The van der Waals surface area contributed by atoms with Gasteiger partial charge in [-0.05, 0) is 12.8 Å². The van der Waals surface area contributed by atoms with E-state index in [1.807, 2.05) is 12.2 Å². The zero-order chi connectivity index (χ0) is 14.5. The SMILES string of the molecule is C=CCCCC.C=CCCCC.CCCCCC. The van der Waals surface area contributed by atoms with E-state index in [2.05, 4.69) is 40.9 Å². The molecule has 0 radical (unpaired) electrons. The minimum Gasteiger partial charge on any atom is -0.103 e. The predicted octanol–water partition coefficient (Wildman–Crippen LogP) is 7.31. The topological polar surface area (TPSA) is 0 Å². The molecule has 0 aromatic carbocycles. The maximum atomic E-state index is 3.60. The number of unbranched alkanes of at least 4 members (excludes halogenated alkanes) is 7. The molecule has 0 atom stereocenters. The van der Waals surface area contributed by atoms with E-state index in [-0.39, 0.29) is 0 Å². The van der Waals surface area contributed by atoms with Crippen molar-refractivity contribution in [2.45, 2.75) is 91.9 Å². The van der Waals surface area contributed by atoms with Gasteiger partial charge in [-0.2, -0.15) is 0 Å². The smallest absolute Gasteiger partial charge is 0.0354 e. The molecule has 0 amide bonds. The molecule has 0 heteroatoms. The van der Waals surface area contributed by atoms with Crippen molar-refractivity contribution in [1.29, 1.82) is 0 Å². The van der Waals surface area contributed by atoms with Crippen molar-refractivity contribution in [2.24, 2.45) is 0 Å². The van der Waals surface area contributed by atoms with Gasteiger partial charge in [0.05, 0.1) is 0 Å². The summed E-state index contributed by atoms with van der Waals surface area (Å²) in [6, 6.07) is 0. The molecule has 0 aliphatic carbocycles. The molecule has 0 unspecified atom stereocenters. The van der Waals surface area contributed by atoms with Crippen molar-refractivity contribution in [3.05, 3.63) is 25.3 Å². The monoisotopic (exact) mass is 254 g/mol. The highest BCUT2D eigenvalue weighted by atomic mass is 13.8. The van der Waals surface area contributed by atoms with E-state index in [4.69, 9.17) is 0 Å². The molecular formula is C18H38. The van der Waals surface area contributed by atoms with Gasteiger partial charge in [-0.1, -0.05) is 91.2 Å². The molecule has 0 bridgehead atoms. The average molecular weight is 255 g/mol. The summed E-state index contributed by atoms with van der Waals surface area (Å²) in [7, 11) is 0. The lowest BCUT2D eigenvalue weighted by molar-refractivity contribution is 0.702. The van der Waals surface area contributed by atoms with Crippen LogP contribution >= 0.6 is 0 Å². The molecule has 0 saturated carbocycles. The van der Waals surface area contributed by atoms with Gasteiger partial charge >= 0.3 is 0 Å². The normalized spacial score (nSPS) is 8.44. The van der Waals surface area contributed by atoms with Crippen LogP contribution in [0.25, 0.3) is 0 Å². The van der Waals surface area contributed by atoms with E-state index >= 15 is 0 Å². The zero-order valence-corrected chi connectivity index (χ0v) is 13.6. The second kappa shape index (κ2) is 30.0. The highest BCUT2D eigenvalue weighted by molar-refractivity contribution is 4.64. The molecule has 0 rings (SSSR count). The molecule has 110 valence electrons. The second-order valence-corrected chi connectivity index (χ2v) is 4.57. The van der Waals surface area contributed by atoms with Crippen molar-refractivity contribution < 1.29 is 0 Å². The van der Waals surface area contributed by atoms with Crippen LogP contribution in [-0.4, -0.2) is 0 Å². The predicted molar refractivity (Wildman–Crippen MR) is 89.3 cm³/mol. The van der Waals surface area contributed by atoms with Crippen molar-refractivity contribution in [3.8, 4) is 0 Å². The molecule has 0 spiro atoms. The summed E-state index contributed by atoms with van der Waals surface area (Å²) in [6.45, 7) is 16.0. The number of rotatable bonds is 9. The minimum atomic E-state index is 1.18. The lowest BCUT2D eigenvalue weighted by atomic mass is 10.2. The van der Waals surface area contributed by atoms with Gasteiger partial charge in [0.15, 0.2) is 0 Å². The molecule has 0 N–H and O–H groups in total. The Bertz CT molecular complexity index is 108. The van der Waals surface area contributed by atoms with E-state index in [1.54, 1.807) is 0 Å². The van der Waals surface area contributed by atoms with E-state index in [0.29, 0.717) is 0 Å². The van der Waals surface area contributed by atoms with Gasteiger partial charge < -0.3 is 0 Å². The third-order valence-corrected chi connectivity index (χ3v) is 2.48. The maximum absolute atomic E-state index is 3.60. The van der Waals surface area contributed by atoms with Crippen LogP contribution in [-0.2, 0) is 0 Å². The lowest BCUT2D eigenvalue weighted by Crippen LogP contribution is -1.66. The van der Waals surface area contributed by atoms with Crippen molar-refractivity contribution >= 4 is 0 Å². The molecule has 0 saturated heterocycles. The number of allylic oxidation sites excluding steroid dienone is 2. The summed E-state index contributed by atoms with van der Waals surface area (Å²) in [5.41, 5.74) is 0. The summed E-state index contributed by atoms with van der Waals surface area (Å²) in [5.74, 6) is 0. The minimum absolute atomic E-state index is 1.18. The third-order valence-electron chi connectivity index (χ3n) is 2.48. The largest absolute Gasteiger partial charge is 0.103 e. The molecule has 0 aliphatic rings. The van der Waals surface area contributed by atoms with E-state index in [9.17, 15) is 0 Å². The molecule has 0 nitrogen and oxygen atoms in total. The van der Waals surface area contributed by atoms with E-state index in [0.717, 1.165) is 0 Å². The Hall–Kier alpha value is -0.520. The van der Waals surface area contributed by atoms with Gasteiger partial charge in [-0.25, -0.2) is 0 Å². The standard InChI is InChI=1S/C6H14.2C6H12/c3*1-3-5-6-4-2/h3-6H2,1-2H3;2*3H,1,4-6H2,2H3. The van der Waals surface area contributed by atoms with Crippen LogP contribution in [0.4, 0.5) is 0 Å². The Morgan fingerprint density at radius 2 is 0.833 bits per heavy atom. The van der Waals surface area contributed by atoms with Crippen LogP contribution in [0.2, 0.25) is 0 Å². The fraction of sp³-hybridized carbons (Fsp3) is 0.778. The Balaban J connectivity index is -0.000000187. The Morgan fingerprint density at radius 1 is 0.556 bits per heavy atom. The molecular weight excluding hydrogens is 216 g/mol. The summed E-state index contributed by atoms with van der Waals surface area (Å²) in [5, 5.41) is 0. The number of hydrogen-bond donors (Lipinski definition) is 0. The van der Waals surface area contributed by atoms with E-state index < -0.39 is 0 Å². The van der Waals surface area contributed by atoms with Crippen LogP contribution in [0.15, 0.2) is 25.3 Å². The zero-order valence-electron chi connectivity index (χ0n) is 13.6. The molecule has 0 aromatic heterocycles. The first-order valence-corrected chi connectivity index (χ1v) is 7.96. The fourth-order valence-electron chi connectivity index (χ4n) is 1.20. The Kier molecular flexibility index (Phi) is 37.7. The van der Waals surface area contributed by atoms with Gasteiger partial charge in [-0.3, -0.25) is 0 Å². The summed E-state index contributed by atoms with van der Waals surface area (Å²) < 4.78 is 0. The number of hydrogen-bond acceptors (Lipinski definition) is 0. The van der Waals surface area contributed by atoms with Crippen LogP contribution in [0.3, 0.4) is 0 Å². The molecule has 0 fully saturated rings. The highest BCUT2D eigenvalue weighted by Gasteiger charge is 1.75. The fourth-order valence-corrected chi connectivity index (χ4v) is 1.20. The van der Waals surface area contributed by atoms with Gasteiger partial charge in [0.1, 0.15) is 0 Å². The first-order valence-electron chi connectivity index (χ1n) is 7.96. The first kappa shape index (κ1) is 22.6. The highest BCUT2D eigenvalue weighted by Crippen LogP contribution is 1.95. The van der Waals surface area contributed by atoms with Gasteiger partial charge in [0.25, 0.3) is 0 Å². The van der Waals surface area contributed by atoms with Crippen molar-refractivity contribution in [3.63, 3.8) is 0 Å². The lowest BCUT2D eigenvalue weighted by Gasteiger charge is -1.86. The summed E-state index contributed by atoms with van der Waals surface area (Å²) in [6.07, 6.45) is 17.0. The Labute approximate surface area is 118 Å². The van der Waals surface area contributed by atoms with Gasteiger partial charge in [0.2, 0.25) is 0 Å². The van der Waals surface area contributed by atoms with Crippen molar-refractivity contribution in [1.82, 2.24) is 0 Å². The first-order chi connectivity index (χ1) is 8.74. The van der Waals surface area contributed by atoms with Gasteiger partial charge in [-0.15, -0.1) is 13.2 Å². The summed E-state index contributed by atoms with van der Waals surface area (Å²) in [4.78, 5) is 0. The Morgan fingerprint density at radius 3 is 0.944 bits per heavy atom. The molecule has 18 heavy (non-hydrogen) atoms. The van der Waals surface area contributed by atoms with Crippen LogP contribution in [0, 0.1) is 0 Å². The molecule has 0 heterocycles. The summed E-state index contributed by atoms with van der Waals surface area (Å²) >= 11 is 0. The molecule has 0 aromatic rings. The van der Waals surface area contributed by atoms with Crippen LogP contribution in [0.5, 0.6) is 0 Å². The third kappa shape index (κ3) is 45.1.